The molecule has 1 radical (unpaired) electrons. The molecule has 0 aliphatic heterocycles. The van der Waals surface area contributed by atoms with Gasteiger partial charge in [-0.25, -0.2) is 8.78 Å². The summed E-state index contributed by atoms with van der Waals surface area (Å²) in [5.41, 5.74) is -0.444. The number of unbranched alkanes of at least 4 members (excludes halogenated alkanes) is 4. The SMILES string of the molecule is CCCCCCCN(C(=O)C(C)(C)CCC)c1ccc(F)[c]c1F.[Ti]. The standard InChI is InChI=1S/C20H30F2NO.Ti/c1-5-7-8-9-10-14-23(19(24)20(3,4)13-6-2)18-12-11-16(21)15-17(18)22;/h11-12H,5-10,13-14H2,1-4H3;. The molecule has 1 aromatic rings. The number of hydrogen-bond acceptors (Lipinski definition) is 1. The molecule has 0 spiro atoms. The van der Waals surface area contributed by atoms with E-state index in [1.54, 1.807) is 0 Å². The van der Waals surface area contributed by atoms with Crippen molar-refractivity contribution in [1.82, 2.24) is 0 Å². The maximum Gasteiger partial charge on any atom is 0.232 e. The molecule has 0 unspecified atom stereocenters. The molecule has 0 aromatic heterocycles. The van der Waals surface area contributed by atoms with E-state index >= 15 is 0 Å². The topological polar surface area (TPSA) is 20.3 Å². The second kappa shape index (κ2) is 11.8. The number of amides is 1. The van der Waals surface area contributed by atoms with Gasteiger partial charge >= 0.3 is 0 Å². The zero-order valence-electron chi connectivity index (χ0n) is 15.9. The van der Waals surface area contributed by atoms with Gasteiger partial charge in [0.25, 0.3) is 0 Å². The maximum absolute atomic E-state index is 14.2. The third-order valence-electron chi connectivity index (χ3n) is 4.32. The van der Waals surface area contributed by atoms with Gasteiger partial charge in [-0.15, -0.1) is 0 Å². The van der Waals surface area contributed by atoms with Crippen LogP contribution in [-0.4, -0.2) is 12.5 Å². The van der Waals surface area contributed by atoms with Crippen LogP contribution in [0, 0.1) is 23.1 Å². The van der Waals surface area contributed by atoms with Crippen LogP contribution >= 0.6 is 0 Å². The molecule has 0 fully saturated rings. The molecule has 1 amide bonds. The van der Waals surface area contributed by atoms with Crippen LogP contribution in [0.15, 0.2) is 12.1 Å². The van der Waals surface area contributed by atoms with E-state index in [0.29, 0.717) is 6.54 Å². The first-order valence-corrected chi connectivity index (χ1v) is 9.02. The van der Waals surface area contributed by atoms with E-state index in [-0.39, 0.29) is 33.3 Å². The Morgan fingerprint density at radius 1 is 1.08 bits per heavy atom. The molecule has 1 aromatic carbocycles. The van der Waals surface area contributed by atoms with Crippen molar-refractivity contribution in [2.45, 2.75) is 72.6 Å². The number of carbonyl (C=O) groups is 1. The van der Waals surface area contributed by atoms with E-state index in [1.807, 2.05) is 26.8 Å². The summed E-state index contributed by atoms with van der Waals surface area (Å²) < 4.78 is 27.3. The second-order valence-electron chi connectivity index (χ2n) is 7.01. The van der Waals surface area contributed by atoms with Crippen LogP contribution in [-0.2, 0) is 26.5 Å². The fourth-order valence-electron chi connectivity index (χ4n) is 2.95. The molecule has 0 N–H and O–H groups in total. The largest absolute Gasteiger partial charge is 0.309 e. The molecule has 0 atom stereocenters. The van der Waals surface area contributed by atoms with Gasteiger partial charge in [-0.1, -0.05) is 59.8 Å². The van der Waals surface area contributed by atoms with Crippen molar-refractivity contribution < 1.29 is 35.3 Å². The predicted molar refractivity (Wildman–Crippen MR) is 95.0 cm³/mol. The van der Waals surface area contributed by atoms with E-state index < -0.39 is 17.0 Å². The zero-order valence-corrected chi connectivity index (χ0v) is 17.5. The molecule has 0 saturated heterocycles. The van der Waals surface area contributed by atoms with E-state index in [2.05, 4.69) is 6.92 Å². The van der Waals surface area contributed by atoms with Crippen molar-refractivity contribution in [3.05, 3.63) is 29.8 Å². The number of halogens is 2. The number of rotatable bonds is 10. The number of benzene rings is 1. The summed E-state index contributed by atoms with van der Waals surface area (Å²) in [7, 11) is 0. The number of hydrogen-bond donors (Lipinski definition) is 0. The first kappa shape index (κ1) is 24.3. The first-order chi connectivity index (χ1) is 11.3. The van der Waals surface area contributed by atoms with Crippen molar-refractivity contribution in [3.8, 4) is 0 Å². The average Bonchev–Trinajstić information content (AvgIpc) is 2.51. The normalized spacial score (nSPS) is 11.1. The van der Waals surface area contributed by atoms with Crippen LogP contribution in [0.5, 0.6) is 0 Å². The quantitative estimate of drug-likeness (QED) is 0.363. The van der Waals surface area contributed by atoms with E-state index in [4.69, 9.17) is 0 Å². The molecule has 0 saturated carbocycles. The number of nitrogens with zero attached hydrogens (tertiary/aromatic N) is 1. The summed E-state index contributed by atoms with van der Waals surface area (Å²) >= 11 is 0. The average molecular weight is 386 g/mol. The summed E-state index contributed by atoms with van der Waals surface area (Å²) in [5, 5.41) is 0. The summed E-state index contributed by atoms with van der Waals surface area (Å²) in [6.07, 6.45) is 6.82. The van der Waals surface area contributed by atoms with Crippen molar-refractivity contribution in [3.63, 3.8) is 0 Å². The van der Waals surface area contributed by atoms with Crippen molar-refractivity contribution in [2.24, 2.45) is 5.41 Å². The summed E-state index contributed by atoms with van der Waals surface area (Å²) in [5.74, 6) is -1.66. The zero-order chi connectivity index (χ0) is 18.2. The molecule has 0 aliphatic carbocycles. The van der Waals surface area contributed by atoms with Crippen LogP contribution in [0.25, 0.3) is 0 Å². The number of anilines is 1. The second-order valence-corrected chi connectivity index (χ2v) is 7.01. The fraction of sp³-hybridized carbons (Fsp3) is 0.650. The van der Waals surface area contributed by atoms with E-state index in [1.165, 1.54) is 11.0 Å². The Hall–Kier alpha value is -0.736. The van der Waals surface area contributed by atoms with Gasteiger partial charge in [0.1, 0.15) is 5.82 Å². The third kappa shape index (κ3) is 7.58. The molecule has 0 heterocycles. The monoisotopic (exact) mass is 386 g/mol. The van der Waals surface area contributed by atoms with Crippen LogP contribution in [0.2, 0.25) is 0 Å². The van der Waals surface area contributed by atoms with Crippen LogP contribution < -0.4 is 4.90 Å². The third-order valence-corrected chi connectivity index (χ3v) is 4.32. The van der Waals surface area contributed by atoms with Gasteiger partial charge in [-0.3, -0.25) is 4.79 Å². The van der Waals surface area contributed by atoms with Crippen molar-refractivity contribution in [1.29, 1.82) is 0 Å². The molecule has 0 bridgehead atoms. The molecule has 139 valence electrons. The Kier molecular flexibility index (Phi) is 11.5. The minimum absolute atomic E-state index is 0. The molecular weight excluding hydrogens is 356 g/mol. The van der Waals surface area contributed by atoms with Gasteiger partial charge in [0.2, 0.25) is 5.91 Å². The first-order valence-electron chi connectivity index (χ1n) is 9.02. The Balaban J connectivity index is 0.00000576. The Morgan fingerprint density at radius 3 is 2.28 bits per heavy atom. The minimum atomic E-state index is -0.802. The smallest absolute Gasteiger partial charge is 0.232 e. The molecule has 0 aliphatic rings. The van der Waals surface area contributed by atoms with Gasteiger partial charge in [-0.05, 0) is 25.0 Å². The number of carbonyl (C=O) groups excluding carboxylic acids is 1. The van der Waals surface area contributed by atoms with Crippen molar-refractivity contribution >= 4 is 11.6 Å². The Bertz CT molecular complexity index is 534. The van der Waals surface area contributed by atoms with Gasteiger partial charge in [-0.2, -0.15) is 0 Å². The Morgan fingerprint density at radius 2 is 1.72 bits per heavy atom. The van der Waals surface area contributed by atoms with Gasteiger partial charge in [0.05, 0.1) is 11.8 Å². The summed E-state index contributed by atoms with van der Waals surface area (Å²) in [6, 6.07) is 4.54. The van der Waals surface area contributed by atoms with Crippen LogP contribution in [0.4, 0.5) is 14.5 Å². The molecular formula is C20H30F2NOTi. The van der Waals surface area contributed by atoms with Crippen LogP contribution in [0.3, 0.4) is 0 Å². The van der Waals surface area contributed by atoms with Gasteiger partial charge in [0.15, 0.2) is 5.82 Å². The molecule has 2 nitrogen and oxygen atoms in total. The van der Waals surface area contributed by atoms with Gasteiger partial charge < -0.3 is 4.90 Å². The van der Waals surface area contributed by atoms with Crippen molar-refractivity contribution in [2.75, 3.05) is 11.4 Å². The molecule has 5 heteroatoms. The minimum Gasteiger partial charge on any atom is -0.309 e. The fourth-order valence-corrected chi connectivity index (χ4v) is 2.95. The molecule has 1 rings (SSSR count). The van der Waals surface area contributed by atoms with E-state index in [0.717, 1.165) is 51.0 Å². The predicted octanol–water partition coefficient (Wildman–Crippen LogP) is 5.89. The summed E-state index contributed by atoms with van der Waals surface area (Å²) in [6.45, 7) is 8.39. The van der Waals surface area contributed by atoms with E-state index in [9.17, 15) is 13.6 Å². The Labute approximate surface area is 166 Å². The summed E-state index contributed by atoms with van der Waals surface area (Å²) in [4.78, 5) is 14.4. The maximum atomic E-state index is 14.2. The van der Waals surface area contributed by atoms with Gasteiger partial charge in [0, 0.05) is 33.7 Å². The molecule has 25 heavy (non-hydrogen) atoms. The van der Waals surface area contributed by atoms with Crippen LogP contribution in [0.1, 0.15) is 72.6 Å².